The zero-order valence-electron chi connectivity index (χ0n) is 15.2. The fraction of sp³-hybridized carbons (Fsp3) is 0.318. The van der Waals surface area contributed by atoms with Crippen LogP contribution in [0.15, 0.2) is 58.1 Å². The number of rotatable bonds is 6. The molecule has 0 N–H and O–H groups in total. The van der Waals surface area contributed by atoms with Crippen molar-refractivity contribution >= 4 is 21.7 Å². The van der Waals surface area contributed by atoms with Gasteiger partial charge in [0.1, 0.15) is 6.61 Å². The Labute approximate surface area is 163 Å². The molecule has 0 fully saturated rings. The summed E-state index contributed by atoms with van der Waals surface area (Å²) in [4.78, 5) is 12.3. The second-order valence-electron chi connectivity index (χ2n) is 6.58. The second kappa shape index (κ2) is 8.54. The number of allylic oxidation sites excluding steroid dienone is 2. The van der Waals surface area contributed by atoms with Gasteiger partial charge in [0.15, 0.2) is 17.3 Å². The zero-order valence-corrected chi connectivity index (χ0v) is 16.8. The zero-order chi connectivity index (χ0) is 18.5. The number of hydrogen-bond donors (Lipinski definition) is 0. The number of carbonyl (C=O) groups is 1. The first-order valence-electron chi connectivity index (χ1n) is 8.83. The lowest BCUT2D eigenvalue weighted by molar-refractivity contribution is -0.116. The molecule has 4 heteroatoms. The minimum atomic E-state index is 0.268. The smallest absolute Gasteiger partial charge is 0.162 e. The molecule has 0 atom stereocenters. The Kier molecular flexibility index (Phi) is 6.15. The van der Waals surface area contributed by atoms with Crippen LogP contribution in [0.2, 0.25) is 0 Å². The molecule has 0 spiro atoms. The average molecular weight is 415 g/mol. The fourth-order valence-electron chi connectivity index (χ4n) is 3.21. The molecule has 0 saturated heterocycles. The lowest BCUT2D eigenvalue weighted by atomic mass is 9.87. The van der Waals surface area contributed by atoms with E-state index in [1.54, 1.807) is 7.11 Å². The van der Waals surface area contributed by atoms with Gasteiger partial charge in [0, 0.05) is 17.3 Å². The van der Waals surface area contributed by atoms with Crippen LogP contribution in [-0.2, 0) is 17.8 Å². The monoisotopic (exact) mass is 414 g/mol. The summed E-state index contributed by atoms with van der Waals surface area (Å²) in [6.07, 6.45) is 3.25. The van der Waals surface area contributed by atoms with Crippen molar-refractivity contribution in [3.63, 3.8) is 0 Å². The number of hydrogen-bond acceptors (Lipinski definition) is 3. The molecule has 2 aromatic rings. The summed E-state index contributed by atoms with van der Waals surface area (Å²) in [5.41, 5.74) is 4.29. The summed E-state index contributed by atoms with van der Waals surface area (Å²) < 4.78 is 12.4. The normalized spacial score (nSPS) is 14.5. The van der Waals surface area contributed by atoms with E-state index in [0.29, 0.717) is 30.9 Å². The molecule has 0 aliphatic heterocycles. The number of ether oxygens (including phenoxy) is 2. The number of benzene rings is 2. The van der Waals surface area contributed by atoms with E-state index >= 15 is 0 Å². The predicted octanol–water partition coefficient (Wildman–Crippen LogP) is 5.65. The van der Waals surface area contributed by atoms with Crippen molar-refractivity contribution < 1.29 is 14.3 Å². The van der Waals surface area contributed by atoms with E-state index in [1.807, 2.05) is 42.5 Å². The van der Waals surface area contributed by atoms with Crippen molar-refractivity contribution in [3.05, 3.63) is 69.2 Å². The van der Waals surface area contributed by atoms with E-state index in [1.165, 1.54) is 5.57 Å². The maximum atomic E-state index is 12.3. The van der Waals surface area contributed by atoms with Crippen LogP contribution in [0.3, 0.4) is 0 Å². The van der Waals surface area contributed by atoms with E-state index < -0.39 is 0 Å². The molecular formula is C22H23BrO3. The first kappa shape index (κ1) is 18.7. The Hall–Kier alpha value is -2.07. The standard InChI is InChI=1S/C22H23BrO3/c1-15-7-6-10-20(24)18(15)11-17-12-21(25-2)22(13-19(17)23)26-14-16-8-4-3-5-9-16/h3-5,8-9,12-13H,6-7,10-11,14H2,1-2H3. The first-order chi connectivity index (χ1) is 12.6. The lowest BCUT2D eigenvalue weighted by Gasteiger charge is -2.19. The Bertz CT molecular complexity index is 825. The maximum Gasteiger partial charge on any atom is 0.162 e. The van der Waals surface area contributed by atoms with Gasteiger partial charge in [-0.15, -0.1) is 0 Å². The Morgan fingerprint density at radius 1 is 1.08 bits per heavy atom. The van der Waals surface area contributed by atoms with Crippen molar-refractivity contribution in [2.24, 2.45) is 0 Å². The van der Waals surface area contributed by atoms with Gasteiger partial charge < -0.3 is 9.47 Å². The number of ketones is 1. The van der Waals surface area contributed by atoms with Crippen LogP contribution >= 0.6 is 15.9 Å². The maximum absolute atomic E-state index is 12.3. The van der Waals surface area contributed by atoms with Gasteiger partial charge in [-0.25, -0.2) is 0 Å². The molecule has 0 amide bonds. The van der Waals surface area contributed by atoms with Gasteiger partial charge in [0.25, 0.3) is 0 Å². The minimum absolute atomic E-state index is 0.268. The SMILES string of the molecule is COc1cc(CC2=C(C)CCCC2=O)c(Br)cc1OCc1ccccc1. The van der Waals surface area contributed by atoms with Gasteiger partial charge in [-0.05, 0) is 48.6 Å². The molecule has 1 aliphatic carbocycles. The molecule has 26 heavy (non-hydrogen) atoms. The van der Waals surface area contributed by atoms with Crippen LogP contribution in [0, 0.1) is 0 Å². The number of Topliss-reactive ketones (excluding diaryl/α,β-unsaturated/α-hetero) is 1. The van der Waals surface area contributed by atoms with Gasteiger partial charge >= 0.3 is 0 Å². The molecule has 2 aromatic carbocycles. The van der Waals surface area contributed by atoms with Crippen molar-refractivity contribution in [1.82, 2.24) is 0 Å². The molecule has 0 radical (unpaired) electrons. The van der Waals surface area contributed by atoms with Crippen molar-refractivity contribution in [1.29, 1.82) is 0 Å². The van der Waals surface area contributed by atoms with Crippen LogP contribution < -0.4 is 9.47 Å². The highest BCUT2D eigenvalue weighted by molar-refractivity contribution is 9.10. The Morgan fingerprint density at radius 2 is 1.85 bits per heavy atom. The molecule has 0 unspecified atom stereocenters. The number of carbonyl (C=O) groups excluding carboxylic acids is 1. The molecule has 0 saturated carbocycles. The van der Waals surface area contributed by atoms with Gasteiger partial charge in [-0.3, -0.25) is 4.79 Å². The topological polar surface area (TPSA) is 35.5 Å². The predicted molar refractivity (Wildman–Crippen MR) is 107 cm³/mol. The van der Waals surface area contributed by atoms with Crippen molar-refractivity contribution in [3.8, 4) is 11.5 Å². The molecule has 136 valence electrons. The number of methoxy groups -OCH3 is 1. The molecule has 1 aliphatic rings. The Balaban J connectivity index is 1.82. The molecule has 0 aromatic heterocycles. The van der Waals surface area contributed by atoms with E-state index in [9.17, 15) is 4.79 Å². The van der Waals surface area contributed by atoms with Crippen LogP contribution in [-0.4, -0.2) is 12.9 Å². The van der Waals surface area contributed by atoms with Crippen LogP contribution in [0.5, 0.6) is 11.5 Å². The largest absolute Gasteiger partial charge is 0.493 e. The molecular weight excluding hydrogens is 392 g/mol. The van der Waals surface area contributed by atoms with E-state index in [2.05, 4.69) is 22.9 Å². The lowest BCUT2D eigenvalue weighted by Crippen LogP contribution is -2.13. The van der Waals surface area contributed by atoms with E-state index in [-0.39, 0.29) is 5.78 Å². The summed E-state index contributed by atoms with van der Waals surface area (Å²) in [5.74, 6) is 1.64. The second-order valence-corrected chi connectivity index (χ2v) is 7.44. The molecule has 3 nitrogen and oxygen atoms in total. The quantitative estimate of drug-likeness (QED) is 0.612. The highest BCUT2D eigenvalue weighted by Gasteiger charge is 2.20. The van der Waals surface area contributed by atoms with Gasteiger partial charge in [-0.2, -0.15) is 0 Å². The molecule has 0 heterocycles. The average Bonchev–Trinajstić information content (AvgIpc) is 2.65. The van der Waals surface area contributed by atoms with Crippen LogP contribution in [0.4, 0.5) is 0 Å². The Morgan fingerprint density at radius 3 is 2.54 bits per heavy atom. The van der Waals surface area contributed by atoms with Crippen molar-refractivity contribution in [2.45, 2.75) is 39.2 Å². The highest BCUT2D eigenvalue weighted by Crippen LogP contribution is 2.36. The summed E-state index contributed by atoms with van der Waals surface area (Å²) in [5, 5.41) is 0. The van der Waals surface area contributed by atoms with Gasteiger partial charge in [0.2, 0.25) is 0 Å². The summed E-state index contributed by atoms with van der Waals surface area (Å²) in [7, 11) is 1.64. The van der Waals surface area contributed by atoms with Crippen LogP contribution in [0.1, 0.15) is 37.3 Å². The summed E-state index contributed by atoms with van der Waals surface area (Å²) in [6.45, 7) is 2.54. The van der Waals surface area contributed by atoms with E-state index in [0.717, 1.165) is 34.0 Å². The van der Waals surface area contributed by atoms with Gasteiger partial charge in [-0.1, -0.05) is 51.8 Å². The van der Waals surface area contributed by atoms with E-state index in [4.69, 9.17) is 9.47 Å². The highest BCUT2D eigenvalue weighted by atomic mass is 79.9. The summed E-state index contributed by atoms with van der Waals surface area (Å²) >= 11 is 3.63. The number of halogens is 1. The molecule has 3 rings (SSSR count). The minimum Gasteiger partial charge on any atom is -0.493 e. The fourth-order valence-corrected chi connectivity index (χ4v) is 3.68. The van der Waals surface area contributed by atoms with Gasteiger partial charge in [0.05, 0.1) is 7.11 Å². The third-order valence-corrected chi connectivity index (χ3v) is 5.48. The van der Waals surface area contributed by atoms with Crippen LogP contribution in [0.25, 0.3) is 0 Å². The third kappa shape index (κ3) is 4.36. The molecule has 0 bridgehead atoms. The first-order valence-corrected chi connectivity index (χ1v) is 9.62. The third-order valence-electron chi connectivity index (χ3n) is 4.74. The van der Waals surface area contributed by atoms with Crippen molar-refractivity contribution in [2.75, 3.05) is 7.11 Å². The summed E-state index contributed by atoms with van der Waals surface area (Å²) in [6, 6.07) is 13.9.